The van der Waals surface area contributed by atoms with E-state index in [1.807, 2.05) is 31.2 Å². The van der Waals surface area contributed by atoms with Gasteiger partial charge in [-0.2, -0.15) is 0 Å². The Balaban J connectivity index is 2.54. The van der Waals surface area contributed by atoms with E-state index < -0.39 is 5.97 Å². The number of rotatable bonds is 4. The minimum Gasteiger partial charge on any atom is -0.481 e. The number of carboxylic acid groups (broad SMARTS) is 1. The average Bonchev–Trinajstić information content (AvgIpc) is 2.16. The lowest BCUT2D eigenvalue weighted by molar-refractivity contribution is -0.140. The topological polar surface area (TPSA) is 37.3 Å². The zero-order chi connectivity index (χ0) is 10.6. The number of benzene rings is 1. The summed E-state index contributed by atoms with van der Waals surface area (Å²) in [5, 5.41) is 8.72. The van der Waals surface area contributed by atoms with Gasteiger partial charge >= 0.3 is 5.97 Å². The molecule has 0 aliphatic heterocycles. The van der Waals surface area contributed by atoms with Crippen LogP contribution in [0.5, 0.6) is 0 Å². The summed E-state index contributed by atoms with van der Waals surface area (Å²) < 4.78 is 0. The third kappa shape index (κ3) is 3.07. The summed E-state index contributed by atoms with van der Waals surface area (Å²) in [7, 11) is 0. The molecule has 1 aromatic carbocycles. The summed E-state index contributed by atoms with van der Waals surface area (Å²) in [6.07, 6.45) is 0. The third-order valence-corrected chi connectivity index (χ3v) is 3.44. The summed E-state index contributed by atoms with van der Waals surface area (Å²) in [5.41, 5.74) is 1.20. The lowest BCUT2D eigenvalue weighted by atomic mass is 10.2. The molecule has 0 amide bonds. The van der Waals surface area contributed by atoms with E-state index in [1.165, 1.54) is 10.5 Å². The standard InChI is InChI=1S/C11H14O2S/c1-8-5-3-4-6-10(8)14-7-9(2)11(12)13/h3-6,9H,7H2,1-2H3,(H,12,13). The molecule has 0 radical (unpaired) electrons. The van der Waals surface area contributed by atoms with Crippen LogP contribution >= 0.6 is 11.8 Å². The van der Waals surface area contributed by atoms with Gasteiger partial charge in [-0.1, -0.05) is 25.1 Å². The maximum Gasteiger partial charge on any atom is 0.307 e. The van der Waals surface area contributed by atoms with Crippen molar-refractivity contribution in [3.63, 3.8) is 0 Å². The van der Waals surface area contributed by atoms with Crippen LogP contribution in [0, 0.1) is 12.8 Å². The number of carboxylic acids is 1. The highest BCUT2D eigenvalue weighted by molar-refractivity contribution is 7.99. The summed E-state index contributed by atoms with van der Waals surface area (Å²) >= 11 is 1.60. The van der Waals surface area contributed by atoms with Crippen LogP contribution in [0.1, 0.15) is 12.5 Å². The van der Waals surface area contributed by atoms with E-state index in [2.05, 4.69) is 0 Å². The van der Waals surface area contributed by atoms with Gasteiger partial charge in [-0.3, -0.25) is 4.79 Å². The van der Waals surface area contributed by atoms with Gasteiger partial charge in [0.25, 0.3) is 0 Å². The van der Waals surface area contributed by atoms with Gasteiger partial charge in [0.05, 0.1) is 5.92 Å². The van der Waals surface area contributed by atoms with Crippen LogP contribution in [0.3, 0.4) is 0 Å². The Labute approximate surface area is 88.3 Å². The van der Waals surface area contributed by atoms with Crippen LogP contribution in [0.15, 0.2) is 29.2 Å². The molecule has 1 atom stereocenters. The first-order valence-corrected chi connectivity index (χ1v) is 5.51. The molecular weight excluding hydrogens is 196 g/mol. The number of hydrogen-bond donors (Lipinski definition) is 1. The Morgan fingerprint density at radius 2 is 2.14 bits per heavy atom. The first-order valence-electron chi connectivity index (χ1n) is 4.52. The SMILES string of the molecule is Cc1ccccc1SCC(C)C(=O)O. The van der Waals surface area contributed by atoms with Crippen molar-refractivity contribution in [2.75, 3.05) is 5.75 Å². The Bertz CT molecular complexity index is 323. The monoisotopic (exact) mass is 210 g/mol. The molecule has 0 bridgehead atoms. The lowest BCUT2D eigenvalue weighted by Crippen LogP contribution is -2.11. The van der Waals surface area contributed by atoms with Crippen molar-refractivity contribution in [3.8, 4) is 0 Å². The van der Waals surface area contributed by atoms with Crippen LogP contribution in [0.2, 0.25) is 0 Å². The van der Waals surface area contributed by atoms with Crippen molar-refractivity contribution in [3.05, 3.63) is 29.8 Å². The highest BCUT2D eigenvalue weighted by Crippen LogP contribution is 2.23. The Morgan fingerprint density at radius 1 is 1.50 bits per heavy atom. The van der Waals surface area contributed by atoms with E-state index in [4.69, 9.17) is 5.11 Å². The molecule has 0 spiro atoms. The van der Waals surface area contributed by atoms with Crippen molar-refractivity contribution >= 4 is 17.7 Å². The van der Waals surface area contributed by atoms with Crippen molar-refractivity contribution in [2.45, 2.75) is 18.7 Å². The maximum absolute atomic E-state index is 10.6. The molecule has 1 N–H and O–H groups in total. The molecule has 0 saturated carbocycles. The summed E-state index contributed by atoms with van der Waals surface area (Å²) in [5.74, 6) is -0.397. The molecule has 0 heterocycles. The molecule has 0 aliphatic carbocycles. The van der Waals surface area contributed by atoms with Crippen LogP contribution < -0.4 is 0 Å². The fraction of sp³-hybridized carbons (Fsp3) is 0.364. The smallest absolute Gasteiger partial charge is 0.307 e. The second kappa shape index (κ2) is 5.05. The second-order valence-corrected chi connectivity index (χ2v) is 4.38. The summed E-state index contributed by atoms with van der Waals surface area (Å²) in [6.45, 7) is 3.77. The van der Waals surface area contributed by atoms with Crippen LogP contribution in [-0.4, -0.2) is 16.8 Å². The highest BCUT2D eigenvalue weighted by atomic mass is 32.2. The zero-order valence-corrected chi connectivity index (χ0v) is 9.17. The Hall–Kier alpha value is -0.960. The average molecular weight is 210 g/mol. The van der Waals surface area contributed by atoms with Gasteiger partial charge in [-0.15, -0.1) is 11.8 Å². The molecule has 0 aromatic heterocycles. The van der Waals surface area contributed by atoms with E-state index in [-0.39, 0.29) is 5.92 Å². The minimum absolute atomic E-state index is 0.292. The van der Waals surface area contributed by atoms with Crippen LogP contribution in [0.25, 0.3) is 0 Å². The van der Waals surface area contributed by atoms with Gasteiger partial charge in [-0.05, 0) is 18.6 Å². The number of aliphatic carboxylic acids is 1. The van der Waals surface area contributed by atoms with E-state index in [0.717, 1.165) is 0 Å². The fourth-order valence-corrected chi connectivity index (χ4v) is 2.05. The van der Waals surface area contributed by atoms with Gasteiger partial charge in [0, 0.05) is 10.6 Å². The van der Waals surface area contributed by atoms with E-state index >= 15 is 0 Å². The van der Waals surface area contributed by atoms with Crippen molar-refractivity contribution in [1.82, 2.24) is 0 Å². The van der Waals surface area contributed by atoms with Gasteiger partial charge in [0.15, 0.2) is 0 Å². The zero-order valence-electron chi connectivity index (χ0n) is 8.36. The van der Waals surface area contributed by atoms with E-state index in [9.17, 15) is 4.79 Å². The third-order valence-electron chi connectivity index (χ3n) is 2.00. The predicted octanol–water partition coefficient (Wildman–Crippen LogP) is 2.81. The second-order valence-electron chi connectivity index (χ2n) is 3.32. The quantitative estimate of drug-likeness (QED) is 0.776. The molecular formula is C11H14O2S. The van der Waals surface area contributed by atoms with Crippen molar-refractivity contribution in [1.29, 1.82) is 0 Å². The normalized spacial score (nSPS) is 12.4. The Morgan fingerprint density at radius 3 is 2.71 bits per heavy atom. The number of carbonyl (C=O) groups is 1. The molecule has 14 heavy (non-hydrogen) atoms. The molecule has 76 valence electrons. The number of aryl methyl sites for hydroxylation is 1. The van der Waals surface area contributed by atoms with Gasteiger partial charge < -0.3 is 5.11 Å². The van der Waals surface area contributed by atoms with E-state index in [1.54, 1.807) is 18.7 Å². The van der Waals surface area contributed by atoms with Crippen molar-refractivity contribution in [2.24, 2.45) is 5.92 Å². The van der Waals surface area contributed by atoms with Crippen LogP contribution in [0.4, 0.5) is 0 Å². The lowest BCUT2D eigenvalue weighted by Gasteiger charge is -2.07. The predicted molar refractivity (Wildman–Crippen MR) is 58.7 cm³/mol. The molecule has 3 heteroatoms. The highest BCUT2D eigenvalue weighted by Gasteiger charge is 2.11. The van der Waals surface area contributed by atoms with E-state index in [0.29, 0.717) is 5.75 Å². The molecule has 2 nitrogen and oxygen atoms in total. The largest absolute Gasteiger partial charge is 0.481 e. The molecule has 1 unspecified atom stereocenters. The Kier molecular flexibility index (Phi) is 4.01. The molecule has 0 saturated heterocycles. The molecule has 1 rings (SSSR count). The van der Waals surface area contributed by atoms with Gasteiger partial charge in [-0.25, -0.2) is 0 Å². The number of thioether (sulfide) groups is 1. The molecule has 0 fully saturated rings. The fourth-order valence-electron chi connectivity index (χ4n) is 1.00. The first kappa shape index (κ1) is 11.1. The summed E-state index contributed by atoms with van der Waals surface area (Å²) in [6, 6.07) is 8.02. The minimum atomic E-state index is -0.730. The summed E-state index contributed by atoms with van der Waals surface area (Å²) in [4.78, 5) is 11.8. The molecule has 1 aromatic rings. The van der Waals surface area contributed by atoms with Gasteiger partial charge in [0.2, 0.25) is 0 Å². The van der Waals surface area contributed by atoms with Crippen molar-refractivity contribution < 1.29 is 9.90 Å². The van der Waals surface area contributed by atoms with Gasteiger partial charge in [0.1, 0.15) is 0 Å². The molecule has 0 aliphatic rings. The maximum atomic E-state index is 10.6. The van der Waals surface area contributed by atoms with Crippen LogP contribution in [-0.2, 0) is 4.79 Å². The first-order chi connectivity index (χ1) is 6.61. The number of hydrogen-bond acceptors (Lipinski definition) is 2.